The summed E-state index contributed by atoms with van der Waals surface area (Å²) in [6.07, 6.45) is 1.46. The van der Waals surface area contributed by atoms with Crippen molar-refractivity contribution in [3.05, 3.63) is 72.5 Å². The van der Waals surface area contributed by atoms with Crippen molar-refractivity contribution in [2.45, 2.75) is 0 Å². The van der Waals surface area contributed by atoms with Crippen molar-refractivity contribution >= 4 is 69.6 Å². The van der Waals surface area contributed by atoms with Gasteiger partial charge in [-0.25, -0.2) is 4.39 Å². The standard InChI is InChI=1S/C17H6Cl6FN/c18-10-4-14(22)12(20)2-8(10)7-1-16(24)17(25-6-7)9-3-13(21)15(23)5-11(9)19/h1-6H. The van der Waals surface area contributed by atoms with Crippen LogP contribution in [0.25, 0.3) is 22.4 Å². The molecule has 0 saturated carbocycles. The fraction of sp³-hybridized carbons (Fsp3) is 0. The monoisotopic (exact) mass is 453 g/mol. The van der Waals surface area contributed by atoms with E-state index >= 15 is 0 Å². The van der Waals surface area contributed by atoms with E-state index in [1.54, 1.807) is 6.07 Å². The first kappa shape index (κ1) is 19.0. The molecule has 3 rings (SSSR count). The summed E-state index contributed by atoms with van der Waals surface area (Å²) in [5, 5.41) is 1.70. The number of rotatable bonds is 2. The van der Waals surface area contributed by atoms with Crippen LogP contribution >= 0.6 is 69.6 Å². The second-order valence-electron chi connectivity index (χ2n) is 5.05. The summed E-state index contributed by atoms with van der Waals surface area (Å²) < 4.78 is 14.6. The van der Waals surface area contributed by atoms with Crippen LogP contribution < -0.4 is 0 Å². The molecule has 0 fully saturated rings. The van der Waals surface area contributed by atoms with Crippen molar-refractivity contribution in [2.75, 3.05) is 0 Å². The van der Waals surface area contributed by atoms with Crippen molar-refractivity contribution in [2.24, 2.45) is 0 Å². The highest BCUT2D eigenvalue weighted by molar-refractivity contribution is 6.44. The number of benzene rings is 2. The van der Waals surface area contributed by atoms with E-state index in [1.165, 1.54) is 30.5 Å². The molecule has 0 bridgehead atoms. The van der Waals surface area contributed by atoms with Crippen molar-refractivity contribution < 1.29 is 4.39 Å². The van der Waals surface area contributed by atoms with Gasteiger partial charge in [0.1, 0.15) is 11.5 Å². The molecule has 0 amide bonds. The first-order chi connectivity index (χ1) is 11.8. The maximum absolute atomic E-state index is 14.6. The summed E-state index contributed by atoms with van der Waals surface area (Å²) in [5.41, 5.74) is 1.33. The summed E-state index contributed by atoms with van der Waals surface area (Å²) in [4.78, 5) is 4.15. The lowest BCUT2D eigenvalue weighted by atomic mass is 10.0. The van der Waals surface area contributed by atoms with E-state index in [2.05, 4.69) is 4.98 Å². The van der Waals surface area contributed by atoms with E-state index in [9.17, 15) is 4.39 Å². The zero-order valence-corrected chi connectivity index (χ0v) is 16.6. The fourth-order valence-electron chi connectivity index (χ4n) is 2.23. The van der Waals surface area contributed by atoms with Crippen molar-refractivity contribution in [3.63, 3.8) is 0 Å². The Balaban J connectivity index is 2.11. The Morgan fingerprint density at radius 1 is 0.600 bits per heavy atom. The molecular formula is C17H6Cl6FN. The zero-order valence-electron chi connectivity index (χ0n) is 12.1. The molecule has 0 unspecified atom stereocenters. The first-order valence-corrected chi connectivity index (χ1v) is 9.00. The number of hydrogen-bond acceptors (Lipinski definition) is 1. The van der Waals surface area contributed by atoms with E-state index < -0.39 is 5.82 Å². The maximum atomic E-state index is 14.6. The Morgan fingerprint density at radius 2 is 1.08 bits per heavy atom. The summed E-state index contributed by atoms with van der Waals surface area (Å²) in [6.45, 7) is 0. The summed E-state index contributed by atoms with van der Waals surface area (Å²) in [6, 6.07) is 7.22. The van der Waals surface area contributed by atoms with Crippen LogP contribution in [0.15, 0.2) is 36.5 Å². The zero-order chi connectivity index (χ0) is 18.3. The van der Waals surface area contributed by atoms with Gasteiger partial charge in [-0.3, -0.25) is 4.98 Å². The average molecular weight is 456 g/mol. The van der Waals surface area contributed by atoms with Crippen LogP contribution in [0.5, 0.6) is 0 Å². The molecule has 0 spiro atoms. The van der Waals surface area contributed by atoms with Gasteiger partial charge < -0.3 is 0 Å². The normalized spacial score (nSPS) is 11.0. The molecule has 0 aliphatic carbocycles. The largest absolute Gasteiger partial charge is 0.252 e. The third-order valence-electron chi connectivity index (χ3n) is 3.43. The van der Waals surface area contributed by atoms with Crippen molar-refractivity contribution in [3.8, 4) is 22.4 Å². The predicted molar refractivity (Wildman–Crippen MR) is 105 cm³/mol. The van der Waals surface area contributed by atoms with E-state index in [4.69, 9.17) is 69.6 Å². The Hall–Kier alpha value is -0.740. The molecule has 0 aliphatic heterocycles. The first-order valence-electron chi connectivity index (χ1n) is 6.73. The van der Waals surface area contributed by atoms with Gasteiger partial charge >= 0.3 is 0 Å². The topological polar surface area (TPSA) is 12.9 Å². The number of hydrogen-bond donors (Lipinski definition) is 0. The minimum Gasteiger partial charge on any atom is -0.252 e. The summed E-state index contributed by atoms with van der Waals surface area (Å²) in [5.74, 6) is -0.597. The van der Waals surface area contributed by atoms with Crippen LogP contribution in [-0.4, -0.2) is 4.98 Å². The third-order valence-corrected chi connectivity index (χ3v) is 5.50. The molecule has 0 saturated heterocycles. The molecule has 3 aromatic rings. The van der Waals surface area contributed by atoms with Crippen LogP contribution in [0.2, 0.25) is 30.1 Å². The Kier molecular flexibility index (Phi) is 5.69. The molecule has 128 valence electrons. The minimum absolute atomic E-state index is 0.0449. The van der Waals surface area contributed by atoms with E-state index in [1.807, 2.05) is 0 Å². The fourth-order valence-corrected chi connectivity index (χ4v) is 3.52. The number of halogens is 7. The lowest BCUT2D eigenvalue weighted by Gasteiger charge is -2.10. The van der Waals surface area contributed by atoms with Crippen LogP contribution in [0.3, 0.4) is 0 Å². The van der Waals surface area contributed by atoms with Gasteiger partial charge in [0.25, 0.3) is 0 Å². The third kappa shape index (κ3) is 3.85. The predicted octanol–water partition coefficient (Wildman–Crippen LogP) is 8.48. The molecule has 25 heavy (non-hydrogen) atoms. The van der Waals surface area contributed by atoms with E-state index in [0.29, 0.717) is 31.8 Å². The van der Waals surface area contributed by atoms with Gasteiger partial charge in [0, 0.05) is 22.9 Å². The maximum Gasteiger partial charge on any atom is 0.150 e. The van der Waals surface area contributed by atoms with Gasteiger partial charge in [0.15, 0.2) is 0 Å². The van der Waals surface area contributed by atoms with Crippen LogP contribution in [0.4, 0.5) is 4.39 Å². The van der Waals surface area contributed by atoms with Crippen molar-refractivity contribution in [1.82, 2.24) is 4.98 Å². The lowest BCUT2D eigenvalue weighted by Crippen LogP contribution is -1.93. The molecule has 2 aromatic carbocycles. The Bertz CT molecular complexity index is 989. The highest BCUT2D eigenvalue weighted by Crippen LogP contribution is 2.38. The number of nitrogens with zero attached hydrogens (tertiary/aromatic N) is 1. The van der Waals surface area contributed by atoms with Crippen LogP contribution in [-0.2, 0) is 0 Å². The average Bonchev–Trinajstić information content (AvgIpc) is 2.55. The Morgan fingerprint density at radius 3 is 1.64 bits per heavy atom. The highest BCUT2D eigenvalue weighted by atomic mass is 35.5. The molecule has 1 heterocycles. The van der Waals surface area contributed by atoms with E-state index in [-0.39, 0.29) is 20.8 Å². The van der Waals surface area contributed by atoms with Crippen LogP contribution in [0.1, 0.15) is 0 Å². The highest BCUT2D eigenvalue weighted by Gasteiger charge is 2.16. The molecule has 0 radical (unpaired) electrons. The molecule has 1 nitrogen and oxygen atoms in total. The number of aromatic nitrogens is 1. The number of pyridine rings is 1. The molecule has 1 aromatic heterocycles. The van der Waals surface area contributed by atoms with Crippen LogP contribution in [0, 0.1) is 5.82 Å². The summed E-state index contributed by atoms with van der Waals surface area (Å²) in [7, 11) is 0. The second-order valence-corrected chi connectivity index (χ2v) is 7.49. The van der Waals surface area contributed by atoms with Gasteiger partial charge in [-0.15, -0.1) is 0 Å². The molecule has 8 heteroatoms. The molecule has 0 atom stereocenters. The lowest BCUT2D eigenvalue weighted by molar-refractivity contribution is 0.626. The van der Waals surface area contributed by atoms with Gasteiger partial charge in [0.2, 0.25) is 0 Å². The molecule has 0 N–H and O–H groups in total. The van der Waals surface area contributed by atoms with Gasteiger partial charge in [-0.1, -0.05) is 69.6 Å². The quantitative estimate of drug-likeness (QED) is 0.353. The summed E-state index contributed by atoms with van der Waals surface area (Å²) >= 11 is 36.1. The molecule has 0 aliphatic rings. The van der Waals surface area contributed by atoms with Gasteiger partial charge in [-0.05, 0) is 30.3 Å². The van der Waals surface area contributed by atoms with E-state index in [0.717, 1.165) is 0 Å². The van der Waals surface area contributed by atoms with Gasteiger partial charge in [0.05, 0.1) is 30.1 Å². The second kappa shape index (κ2) is 7.48. The van der Waals surface area contributed by atoms with Gasteiger partial charge in [-0.2, -0.15) is 0 Å². The smallest absolute Gasteiger partial charge is 0.150 e. The SMILES string of the molecule is Fc1cc(-c2cc(Cl)c(Cl)cc2Cl)cnc1-c1cc(Cl)c(Cl)cc1Cl. The van der Waals surface area contributed by atoms with Crippen molar-refractivity contribution in [1.29, 1.82) is 0 Å². The molecular weight excluding hydrogens is 450 g/mol. The Labute approximate surface area is 173 Å². The minimum atomic E-state index is -0.597.